The van der Waals surface area contributed by atoms with E-state index in [4.69, 9.17) is 43.1 Å². The van der Waals surface area contributed by atoms with Crippen LogP contribution >= 0.6 is 34.5 Å². The molecule has 0 aliphatic carbocycles. The monoisotopic (exact) mass is 522 g/mol. The van der Waals surface area contributed by atoms with E-state index in [0.29, 0.717) is 27.1 Å². The number of ether oxygens (including phenoxy) is 3. The largest absolute Gasteiger partial charge is 0.497 e. The molecule has 0 bridgehead atoms. The Bertz CT molecular complexity index is 1570. The van der Waals surface area contributed by atoms with Crippen molar-refractivity contribution < 1.29 is 19.0 Å². The molecule has 0 saturated heterocycles. The summed E-state index contributed by atoms with van der Waals surface area (Å²) in [7, 11) is 1.57. The predicted octanol–water partition coefficient (Wildman–Crippen LogP) is 6.65. The quantitative estimate of drug-likeness (QED) is 0.238. The minimum atomic E-state index is -0.603. The van der Waals surface area contributed by atoms with E-state index in [9.17, 15) is 10.1 Å². The standard InChI is InChI=1S/C26H16Cl2N2O4S/c1-32-15-4-2-3-13(9-15)22-17-8-6-16(11-20(17)34-25(30)19(22)12-29)33-26(31)24-23(28)18-7-5-14(27)10-21(18)35-24/h2-11,22H,30H2,1H3. The van der Waals surface area contributed by atoms with Gasteiger partial charge in [-0.05, 0) is 35.9 Å². The van der Waals surface area contributed by atoms with Crippen LogP contribution in [0.15, 0.2) is 72.1 Å². The van der Waals surface area contributed by atoms with Crippen molar-refractivity contribution in [3.8, 4) is 23.3 Å². The molecule has 0 saturated carbocycles. The Kier molecular flexibility index (Phi) is 6.03. The second-order valence-corrected chi connectivity index (χ2v) is 9.54. The fraction of sp³-hybridized carbons (Fsp3) is 0.0769. The molecule has 174 valence electrons. The molecule has 9 heteroatoms. The van der Waals surface area contributed by atoms with E-state index in [2.05, 4.69) is 6.07 Å². The summed E-state index contributed by atoms with van der Waals surface area (Å²) in [5, 5.41) is 11.3. The van der Waals surface area contributed by atoms with E-state index < -0.39 is 11.9 Å². The summed E-state index contributed by atoms with van der Waals surface area (Å²) in [6, 6.07) is 19.7. The molecule has 3 aromatic carbocycles. The average Bonchev–Trinajstić information content (AvgIpc) is 3.18. The molecule has 2 N–H and O–H groups in total. The molecule has 0 radical (unpaired) electrons. The third-order valence-electron chi connectivity index (χ3n) is 5.61. The number of nitriles is 1. The summed E-state index contributed by atoms with van der Waals surface area (Å²) in [4.78, 5) is 13.2. The zero-order chi connectivity index (χ0) is 24.7. The number of benzene rings is 3. The Morgan fingerprint density at radius 1 is 1.11 bits per heavy atom. The first-order valence-electron chi connectivity index (χ1n) is 10.3. The number of fused-ring (bicyclic) bond motifs is 2. The molecule has 0 fully saturated rings. The van der Waals surface area contributed by atoms with Crippen LogP contribution in [0, 0.1) is 11.3 Å². The van der Waals surface area contributed by atoms with E-state index in [1.54, 1.807) is 43.5 Å². The van der Waals surface area contributed by atoms with Crippen LogP contribution in [0.25, 0.3) is 10.1 Å². The molecule has 1 aliphatic rings. The van der Waals surface area contributed by atoms with Crippen molar-refractivity contribution in [2.75, 3.05) is 7.11 Å². The maximum atomic E-state index is 12.9. The zero-order valence-corrected chi connectivity index (χ0v) is 20.5. The summed E-state index contributed by atoms with van der Waals surface area (Å²) >= 11 is 13.7. The number of halogens is 2. The zero-order valence-electron chi connectivity index (χ0n) is 18.2. The highest BCUT2D eigenvalue weighted by molar-refractivity contribution is 7.21. The average molecular weight is 523 g/mol. The van der Waals surface area contributed by atoms with Gasteiger partial charge in [0.05, 0.1) is 18.1 Å². The topological polar surface area (TPSA) is 94.6 Å². The van der Waals surface area contributed by atoms with Crippen LogP contribution in [0.1, 0.15) is 26.7 Å². The van der Waals surface area contributed by atoms with Gasteiger partial charge in [-0.2, -0.15) is 5.26 Å². The molecule has 1 unspecified atom stereocenters. The normalized spacial score (nSPS) is 14.7. The van der Waals surface area contributed by atoms with E-state index >= 15 is 0 Å². The summed E-state index contributed by atoms with van der Waals surface area (Å²) < 4.78 is 17.5. The Hall–Kier alpha value is -3.70. The van der Waals surface area contributed by atoms with Crippen LogP contribution in [-0.4, -0.2) is 13.1 Å². The minimum absolute atomic E-state index is 0.0132. The van der Waals surface area contributed by atoms with Crippen LogP contribution in [0.5, 0.6) is 17.2 Å². The molecule has 35 heavy (non-hydrogen) atoms. The first-order chi connectivity index (χ1) is 16.9. The van der Waals surface area contributed by atoms with Crippen LogP contribution in [0.4, 0.5) is 0 Å². The van der Waals surface area contributed by atoms with Gasteiger partial charge in [0.2, 0.25) is 5.88 Å². The van der Waals surface area contributed by atoms with E-state index in [-0.39, 0.29) is 22.1 Å². The molecule has 1 atom stereocenters. The molecule has 0 spiro atoms. The number of carbonyl (C=O) groups excluding carboxylic acids is 1. The maximum Gasteiger partial charge on any atom is 0.355 e. The first kappa shape index (κ1) is 23.1. The van der Waals surface area contributed by atoms with Gasteiger partial charge in [0.1, 0.15) is 33.8 Å². The third-order valence-corrected chi connectivity index (χ3v) is 7.48. The SMILES string of the molecule is COc1cccc(C2C(C#N)=C(N)Oc3cc(OC(=O)c4sc5cc(Cl)ccc5c4Cl)ccc32)c1. The van der Waals surface area contributed by atoms with Crippen molar-refractivity contribution >= 4 is 50.6 Å². The van der Waals surface area contributed by atoms with Gasteiger partial charge in [-0.1, -0.05) is 47.5 Å². The van der Waals surface area contributed by atoms with Gasteiger partial charge in [0.25, 0.3) is 0 Å². The van der Waals surface area contributed by atoms with Crippen molar-refractivity contribution in [2.24, 2.45) is 5.73 Å². The van der Waals surface area contributed by atoms with Crippen LogP contribution in [-0.2, 0) is 0 Å². The number of methoxy groups -OCH3 is 1. The number of nitrogens with zero attached hydrogens (tertiary/aromatic N) is 1. The Morgan fingerprint density at radius 2 is 1.94 bits per heavy atom. The molecule has 2 heterocycles. The number of thiophene rings is 1. The third kappa shape index (κ3) is 4.17. The highest BCUT2D eigenvalue weighted by Gasteiger charge is 2.31. The smallest absolute Gasteiger partial charge is 0.355 e. The maximum absolute atomic E-state index is 12.9. The van der Waals surface area contributed by atoms with Crippen molar-refractivity contribution in [3.63, 3.8) is 0 Å². The fourth-order valence-electron chi connectivity index (χ4n) is 3.99. The number of nitrogens with two attached hydrogens (primary N) is 1. The Balaban J connectivity index is 1.49. The lowest BCUT2D eigenvalue weighted by molar-refractivity contribution is 0.0740. The summed E-state index contributed by atoms with van der Waals surface area (Å²) in [6.07, 6.45) is 0. The molecule has 1 aliphatic heterocycles. The van der Waals surface area contributed by atoms with Crippen molar-refractivity contribution in [1.82, 2.24) is 0 Å². The predicted molar refractivity (Wildman–Crippen MR) is 136 cm³/mol. The van der Waals surface area contributed by atoms with Gasteiger partial charge < -0.3 is 19.9 Å². The number of hydrogen-bond acceptors (Lipinski definition) is 7. The first-order valence-corrected chi connectivity index (χ1v) is 11.9. The lowest BCUT2D eigenvalue weighted by atomic mass is 9.83. The van der Waals surface area contributed by atoms with E-state index in [0.717, 1.165) is 15.6 Å². The molecule has 0 amide bonds. The van der Waals surface area contributed by atoms with Crippen LogP contribution < -0.4 is 19.9 Å². The number of carbonyl (C=O) groups is 1. The highest BCUT2D eigenvalue weighted by Crippen LogP contribution is 2.44. The lowest BCUT2D eigenvalue weighted by Crippen LogP contribution is -2.21. The fourth-order valence-corrected chi connectivity index (χ4v) is 5.65. The van der Waals surface area contributed by atoms with Gasteiger partial charge in [0.15, 0.2) is 0 Å². The lowest BCUT2D eigenvalue weighted by Gasteiger charge is -2.27. The molecular weight excluding hydrogens is 507 g/mol. The number of esters is 1. The minimum Gasteiger partial charge on any atom is -0.497 e. The van der Waals surface area contributed by atoms with Crippen molar-refractivity contribution in [2.45, 2.75) is 5.92 Å². The molecule has 5 rings (SSSR count). The summed E-state index contributed by atoms with van der Waals surface area (Å²) in [5.74, 6) is 0.199. The number of allylic oxidation sites excluding steroid dienone is 1. The molecule has 6 nitrogen and oxygen atoms in total. The van der Waals surface area contributed by atoms with Gasteiger partial charge >= 0.3 is 5.97 Å². The summed E-state index contributed by atoms with van der Waals surface area (Å²) in [5.41, 5.74) is 7.89. The van der Waals surface area contributed by atoms with Crippen molar-refractivity contribution in [3.05, 3.63) is 98.2 Å². The summed E-state index contributed by atoms with van der Waals surface area (Å²) in [6.45, 7) is 0. The molecule has 4 aromatic rings. The molecular formula is C26H16Cl2N2O4S. The number of rotatable bonds is 4. The number of hydrogen-bond donors (Lipinski definition) is 1. The van der Waals surface area contributed by atoms with Crippen LogP contribution in [0.3, 0.4) is 0 Å². The second kappa shape index (κ2) is 9.16. The second-order valence-electron chi connectivity index (χ2n) is 7.68. The molecule has 1 aromatic heterocycles. The van der Waals surface area contributed by atoms with Gasteiger partial charge in [-0.3, -0.25) is 0 Å². The van der Waals surface area contributed by atoms with E-state index in [1.165, 1.54) is 11.3 Å². The Labute approximate surface area is 214 Å². The van der Waals surface area contributed by atoms with Crippen molar-refractivity contribution in [1.29, 1.82) is 5.26 Å². The van der Waals surface area contributed by atoms with Gasteiger partial charge in [0, 0.05) is 26.7 Å². The van der Waals surface area contributed by atoms with Gasteiger partial charge in [-0.15, -0.1) is 11.3 Å². The van der Waals surface area contributed by atoms with E-state index in [1.807, 2.05) is 24.3 Å². The Morgan fingerprint density at radius 3 is 2.71 bits per heavy atom. The van der Waals surface area contributed by atoms with Gasteiger partial charge in [-0.25, -0.2) is 4.79 Å². The highest BCUT2D eigenvalue weighted by atomic mass is 35.5. The van der Waals surface area contributed by atoms with Crippen LogP contribution in [0.2, 0.25) is 10.0 Å².